The van der Waals surface area contributed by atoms with Crippen molar-refractivity contribution >= 4 is 11.4 Å². The second-order valence-electron chi connectivity index (χ2n) is 4.34. The van der Waals surface area contributed by atoms with Crippen LogP contribution in [0, 0.1) is 17.0 Å². The zero-order chi connectivity index (χ0) is 14.4. The average Bonchev–Trinajstić information content (AvgIpc) is 2.46. The number of hydrogen-bond acceptors (Lipinski definition) is 4. The Morgan fingerprint density at radius 3 is 2.60 bits per heavy atom. The highest BCUT2D eigenvalue weighted by Gasteiger charge is 2.07. The molecule has 2 rings (SSSR count). The molecule has 0 bridgehead atoms. The van der Waals surface area contributed by atoms with Crippen molar-refractivity contribution in [1.82, 2.24) is 0 Å². The molecule has 2 aromatic carbocycles. The Hall–Kier alpha value is -2.56. The highest BCUT2D eigenvalue weighted by molar-refractivity contribution is 5.55. The Kier molecular flexibility index (Phi) is 4.55. The molecule has 0 saturated carbocycles. The predicted octanol–water partition coefficient (Wildman–Crippen LogP) is 3.39. The fraction of sp³-hybridized carbons (Fsp3) is 0.200. The quantitative estimate of drug-likeness (QED) is 0.497. The van der Waals surface area contributed by atoms with E-state index in [4.69, 9.17) is 4.74 Å². The summed E-state index contributed by atoms with van der Waals surface area (Å²) in [7, 11) is 0. The van der Waals surface area contributed by atoms with E-state index < -0.39 is 4.92 Å². The molecular formula is C15H16N2O3. The van der Waals surface area contributed by atoms with Gasteiger partial charge in [0.05, 0.1) is 4.92 Å². The molecule has 20 heavy (non-hydrogen) atoms. The largest absolute Gasteiger partial charge is 0.492 e. The summed E-state index contributed by atoms with van der Waals surface area (Å²) in [5.74, 6) is 0.828. The molecule has 0 unspecified atom stereocenters. The fourth-order valence-electron chi connectivity index (χ4n) is 1.83. The maximum atomic E-state index is 10.6. The Morgan fingerprint density at radius 2 is 1.95 bits per heavy atom. The molecule has 0 amide bonds. The molecule has 0 atom stereocenters. The zero-order valence-electron chi connectivity index (χ0n) is 11.2. The van der Waals surface area contributed by atoms with Crippen LogP contribution in [0.25, 0.3) is 0 Å². The molecule has 2 aromatic rings. The maximum absolute atomic E-state index is 10.6. The highest BCUT2D eigenvalue weighted by Crippen LogP contribution is 2.20. The van der Waals surface area contributed by atoms with Gasteiger partial charge in [0.2, 0.25) is 0 Å². The molecule has 0 fully saturated rings. The van der Waals surface area contributed by atoms with Crippen molar-refractivity contribution in [1.29, 1.82) is 0 Å². The summed E-state index contributed by atoms with van der Waals surface area (Å²) >= 11 is 0. The van der Waals surface area contributed by atoms with Crippen molar-refractivity contribution in [2.75, 3.05) is 18.5 Å². The number of aryl methyl sites for hydroxylation is 1. The fourth-order valence-corrected chi connectivity index (χ4v) is 1.83. The van der Waals surface area contributed by atoms with E-state index in [0.29, 0.717) is 13.2 Å². The standard InChI is InChI=1S/C15H16N2O3/c1-12-11-13(17(18)19)7-8-15(12)16-9-10-20-14-5-3-2-4-6-14/h2-8,11,16H,9-10H2,1H3. The van der Waals surface area contributed by atoms with Gasteiger partial charge in [-0.1, -0.05) is 18.2 Å². The Bertz CT molecular complexity index is 585. The minimum absolute atomic E-state index is 0.105. The monoisotopic (exact) mass is 272 g/mol. The van der Waals surface area contributed by atoms with Gasteiger partial charge >= 0.3 is 0 Å². The number of non-ortho nitro benzene ring substituents is 1. The summed E-state index contributed by atoms with van der Waals surface area (Å²) in [6, 6.07) is 14.3. The molecule has 104 valence electrons. The lowest BCUT2D eigenvalue weighted by Gasteiger charge is -2.10. The van der Waals surface area contributed by atoms with Crippen LogP contribution in [0.3, 0.4) is 0 Å². The molecule has 0 saturated heterocycles. The number of para-hydroxylation sites is 1. The number of rotatable bonds is 6. The zero-order valence-corrected chi connectivity index (χ0v) is 11.2. The summed E-state index contributed by atoms with van der Waals surface area (Å²) in [6.45, 7) is 3.00. The molecule has 5 nitrogen and oxygen atoms in total. The van der Waals surface area contributed by atoms with Gasteiger partial charge in [-0.05, 0) is 30.7 Å². The SMILES string of the molecule is Cc1cc([N+](=O)[O-])ccc1NCCOc1ccccc1. The maximum Gasteiger partial charge on any atom is 0.269 e. The molecule has 1 N–H and O–H groups in total. The molecule has 0 heterocycles. The topological polar surface area (TPSA) is 64.4 Å². The average molecular weight is 272 g/mol. The molecule has 0 aliphatic carbocycles. The highest BCUT2D eigenvalue weighted by atomic mass is 16.6. The number of nitro benzene ring substituents is 1. The Labute approximate surface area is 117 Å². The van der Waals surface area contributed by atoms with Crippen LogP contribution in [-0.2, 0) is 0 Å². The van der Waals surface area contributed by atoms with E-state index in [-0.39, 0.29) is 5.69 Å². The smallest absolute Gasteiger partial charge is 0.269 e. The van der Waals surface area contributed by atoms with Gasteiger partial charge in [-0.15, -0.1) is 0 Å². The lowest BCUT2D eigenvalue weighted by Crippen LogP contribution is -2.12. The third kappa shape index (κ3) is 3.71. The van der Waals surface area contributed by atoms with Gasteiger partial charge in [-0.25, -0.2) is 0 Å². The molecule has 0 spiro atoms. The van der Waals surface area contributed by atoms with Gasteiger partial charge < -0.3 is 10.1 Å². The lowest BCUT2D eigenvalue weighted by molar-refractivity contribution is -0.384. The van der Waals surface area contributed by atoms with Crippen molar-refractivity contribution in [2.24, 2.45) is 0 Å². The van der Waals surface area contributed by atoms with E-state index in [1.807, 2.05) is 37.3 Å². The summed E-state index contributed by atoms with van der Waals surface area (Å²) in [4.78, 5) is 10.3. The van der Waals surface area contributed by atoms with E-state index in [2.05, 4.69) is 5.32 Å². The molecular weight excluding hydrogens is 256 g/mol. The molecule has 0 aromatic heterocycles. The number of ether oxygens (including phenoxy) is 1. The van der Waals surface area contributed by atoms with Crippen molar-refractivity contribution in [3.8, 4) is 5.75 Å². The van der Waals surface area contributed by atoms with Crippen molar-refractivity contribution in [3.63, 3.8) is 0 Å². The molecule has 0 radical (unpaired) electrons. The third-order valence-corrected chi connectivity index (χ3v) is 2.85. The number of anilines is 1. The van der Waals surface area contributed by atoms with Crippen molar-refractivity contribution in [3.05, 3.63) is 64.2 Å². The second-order valence-corrected chi connectivity index (χ2v) is 4.34. The van der Waals surface area contributed by atoms with E-state index in [1.165, 1.54) is 6.07 Å². The van der Waals surface area contributed by atoms with Crippen LogP contribution >= 0.6 is 0 Å². The second kappa shape index (κ2) is 6.56. The predicted molar refractivity (Wildman–Crippen MR) is 78.3 cm³/mol. The first-order valence-electron chi connectivity index (χ1n) is 6.33. The first-order chi connectivity index (χ1) is 9.66. The van der Waals surface area contributed by atoms with Gasteiger partial charge in [0.15, 0.2) is 0 Å². The summed E-state index contributed by atoms with van der Waals surface area (Å²) in [6.07, 6.45) is 0. The molecule has 5 heteroatoms. The van der Waals surface area contributed by atoms with Crippen LogP contribution < -0.4 is 10.1 Å². The van der Waals surface area contributed by atoms with Gasteiger partial charge in [-0.2, -0.15) is 0 Å². The molecule has 0 aliphatic heterocycles. The van der Waals surface area contributed by atoms with Gasteiger partial charge in [-0.3, -0.25) is 10.1 Å². The number of nitrogens with zero attached hydrogens (tertiary/aromatic N) is 1. The van der Waals surface area contributed by atoms with Crippen molar-refractivity contribution in [2.45, 2.75) is 6.92 Å². The minimum atomic E-state index is -0.394. The van der Waals surface area contributed by atoms with Crippen LogP contribution in [-0.4, -0.2) is 18.1 Å². The lowest BCUT2D eigenvalue weighted by atomic mass is 10.2. The minimum Gasteiger partial charge on any atom is -0.492 e. The Balaban J connectivity index is 1.84. The Morgan fingerprint density at radius 1 is 1.20 bits per heavy atom. The van der Waals surface area contributed by atoms with Gasteiger partial charge in [0, 0.05) is 24.4 Å². The van der Waals surface area contributed by atoms with Crippen LogP contribution in [0.15, 0.2) is 48.5 Å². The van der Waals surface area contributed by atoms with Crippen molar-refractivity contribution < 1.29 is 9.66 Å². The first-order valence-corrected chi connectivity index (χ1v) is 6.33. The summed E-state index contributed by atoms with van der Waals surface area (Å²) < 4.78 is 5.56. The van der Waals surface area contributed by atoms with E-state index in [0.717, 1.165) is 17.0 Å². The first kappa shape index (κ1) is 13.9. The number of hydrogen-bond donors (Lipinski definition) is 1. The number of nitrogens with one attached hydrogen (secondary N) is 1. The van der Waals surface area contributed by atoms with Crippen LogP contribution in [0.2, 0.25) is 0 Å². The normalized spacial score (nSPS) is 10.1. The summed E-state index contributed by atoms with van der Waals surface area (Å²) in [5, 5.41) is 13.8. The van der Waals surface area contributed by atoms with Crippen LogP contribution in [0.1, 0.15) is 5.56 Å². The van der Waals surface area contributed by atoms with E-state index in [9.17, 15) is 10.1 Å². The number of benzene rings is 2. The molecule has 0 aliphatic rings. The van der Waals surface area contributed by atoms with E-state index in [1.54, 1.807) is 12.1 Å². The van der Waals surface area contributed by atoms with Gasteiger partial charge in [0.1, 0.15) is 12.4 Å². The van der Waals surface area contributed by atoms with Gasteiger partial charge in [0.25, 0.3) is 5.69 Å². The summed E-state index contributed by atoms with van der Waals surface area (Å²) in [5.41, 5.74) is 1.83. The van der Waals surface area contributed by atoms with Crippen LogP contribution in [0.4, 0.5) is 11.4 Å². The van der Waals surface area contributed by atoms with Crippen LogP contribution in [0.5, 0.6) is 5.75 Å². The van der Waals surface area contributed by atoms with E-state index >= 15 is 0 Å². The third-order valence-electron chi connectivity index (χ3n) is 2.85. The number of nitro groups is 1.